The first-order chi connectivity index (χ1) is 17.2. The van der Waals surface area contributed by atoms with Crippen molar-refractivity contribution in [1.82, 2.24) is 20.0 Å². The van der Waals surface area contributed by atoms with Gasteiger partial charge in [-0.3, -0.25) is 14.5 Å². The van der Waals surface area contributed by atoms with Gasteiger partial charge >= 0.3 is 6.03 Å². The predicted octanol–water partition coefficient (Wildman–Crippen LogP) is 3.47. The molecule has 1 atom stereocenters. The summed E-state index contributed by atoms with van der Waals surface area (Å²) >= 11 is 0. The number of urea groups is 1. The Bertz CT molecular complexity index is 1130. The molecule has 2 aromatic rings. The second kappa shape index (κ2) is 10.8. The zero-order chi connectivity index (χ0) is 25.9. The number of carbonyl (C=O) groups is 3. The highest BCUT2D eigenvalue weighted by Gasteiger charge is 2.56. The molecule has 0 spiro atoms. The first-order valence-corrected chi connectivity index (χ1v) is 12.6. The smallest absolute Gasteiger partial charge is 0.325 e. The molecule has 2 heterocycles. The van der Waals surface area contributed by atoms with Gasteiger partial charge in [0, 0.05) is 26.1 Å². The van der Waals surface area contributed by atoms with Crippen LogP contribution in [0.3, 0.4) is 0 Å². The fourth-order valence-electron chi connectivity index (χ4n) is 5.42. The summed E-state index contributed by atoms with van der Waals surface area (Å²) in [5.74, 6) is -1.20. The van der Waals surface area contributed by atoms with Crippen LogP contribution in [0, 0.1) is 18.7 Å². The number of rotatable bonds is 8. The lowest BCUT2D eigenvalue weighted by atomic mass is 9.73. The van der Waals surface area contributed by atoms with E-state index in [1.54, 1.807) is 17.0 Å². The molecular weight excluding hydrogens is 459 g/mol. The summed E-state index contributed by atoms with van der Waals surface area (Å²) in [5.41, 5.74) is 1.08. The summed E-state index contributed by atoms with van der Waals surface area (Å²) in [4.78, 5) is 44.9. The zero-order valence-corrected chi connectivity index (χ0v) is 21.3. The van der Waals surface area contributed by atoms with Gasteiger partial charge in [-0.25, -0.2) is 9.18 Å². The highest BCUT2D eigenvalue weighted by Crippen LogP contribution is 2.37. The van der Waals surface area contributed by atoms with Crippen LogP contribution in [0.15, 0.2) is 48.5 Å². The minimum absolute atomic E-state index is 0.0582. The lowest BCUT2D eigenvalue weighted by Crippen LogP contribution is -2.58. The van der Waals surface area contributed by atoms with Gasteiger partial charge in [0.15, 0.2) is 0 Å². The SMILES string of the molecule is Cc1ccccc1C[C@@]1(C2CCN(C(=O)c3ccccc3F)CC2)NC(=O)N(CCCN(C)C)C1=O. The molecule has 2 aliphatic heterocycles. The van der Waals surface area contributed by atoms with Crippen molar-refractivity contribution in [2.75, 3.05) is 40.3 Å². The molecule has 36 heavy (non-hydrogen) atoms. The van der Waals surface area contributed by atoms with Crippen molar-refractivity contribution in [3.8, 4) is 0 Å². The Morgan fingerprint density at radius 1 is 1.08 bits per heavy atom. The molecule has 0 aliphatic carbocycles. The predicted molar refractivity (Wildman–Crippen MR) is 136 cm³/mol. The lowest BCUT2D eigenvalue weighted by Gasteiger charge is -2.41. The summed E-state index contributed by atoms with van der Waals surface area (Å²) in [6.45, 7) is 3.95. The molecule has 4 amide bonds. The van der Waals surface area contributed by atoms with Crippen LogP contribution in [0.1, 0.15) is 40.7 Å². The van der Waals surface area contributed by atoms with Gasteiger partial charge in [0.2, 0.25) is 0 Å². The number of imide groups is 1. The number of hydrogen-bond donors (Lipinski definition) is 1. The topological polar surface area (TPSA) is 73.0 Å². The van der Waals surface area contributed by atoms with Gasteiger partial charge in [0.25, 0.3) is 11.8 Å². The fraction of sp³-hybridized carbons (Fsp3) is 0.464. The van der Waals surface area contributed by atoms with Crippen LogP contribution in [0.5, 0.6) is 0 Å². The molecule has 0 bridgehead atoms. The number of piperidine rings is 1. The van der Waals surface area contributed by atoms with Crippen molar-refractivity contribution < 1.29 is 18.8 Å². The number of benzene rings is 2. The molecule has 7 nitrogen and oxygen atoms in total. The van der Waals surface area contributed by atoms with Gasteiger partial charge in [-0.15, -0.1) is 0 Å². The van der Waals surface area contributed by atoms with Crippen molar-refractivity contribution in [2.45, 2.75) is 38.1 Å². The second-order valence-electron chi connectivity index (χ2n) is 10.2. The summed E-state index contributed by atoms with van der Waals surface area (Å²) in [5, 5.41) is 3.10. The molecule has 192 valence electrons. The van der Waals surface area contributed by atoms with Gasteiger partial charge in [-0.2, -0.15) is 0 Å². The van der Waals surface area contributed by atoms with Gasteiger partial charge in [0.1, 0.15) is 11.4 Å². The number of nitrogens with zero attached hydrogens (tertiary/aromatic N) is 3. The second-order valence-corrected chi connectivity index (χ2v) is 10.2. The molecule has 2 aromatic carbocycles. The van der Waals surface area contributed by atoms with E-state index >= 15 is 0 Å². The van der Waals surface area contributed by atoms with Gasteiger partial charge in [-0.05, 0) is 76.0 Å². The minimum Gasteiger partial charge on any atom is -0.339 e. The molecule has 8 heteroatoms. The largest absolute Gasteiger partial charge is 0.339 e. The van der Waals surface area contributed by atoms with Crippen molar-refractivity contribution in [3.63, 3.8) is 0 Å². The molecular formula is C28H35FN4O3. The molecule has 2 fully saturated rings. The Kier molecular flexibility index (Phi) is 7.73. The minimum atomic E-state index is -1.06. The van der Waals surface area contributed by atoms with E-state index in [9.17, 15) is 18.8 Å². The van der Waals surface area contributed by atoms with E-state index in [-0.39, 0.29) is 29.3 Å². The van der Waals surface area contributed by atoms with Crippen LogP contribution < -0.4 is 5.32 Å². The average Bonchev–Trinajstić information content (AvgIpc) is 3.10. The molecule has 2 saturated heterocycles. The molecule has 4 rings (SSSR count). The number of aryl methyl sites for hydroxylation is 1. The molecule has 2 aliphatic rings. The zero-order valence-electron chi connectivity index (χ0n) is 21.3. The van der Waals surface area contributed by atoms with Crippen molar-refractivity contribution in [1.29, 1.82) is 0 Å². The number of amides is 4. The van der Waals surface area contributed by atoms with E-state index in [4.69, 9.17) is 0 Å². The van der Waals surface area contributed by atoms with Gasteiger partial charge in [-0.1, -0.05) is 36.4 Å². The molecule has 0 unspecified atom stereocenters. The summed E-state index contributed by atoms with van der Waals surface area (Å²) in [6, 6.07) is 13.6. The number of halogens is 1. The third-order valence-corrected chi connectivity index (χ3v) is 7.50. The van der Waals surface area contributed by atoms with Gasteiger partial charge < -0.3 is 15.1 Å². The number of hydrogen-bond acceptors (Lipinski definition) is 4. The maximum absolute atomic E-state index is 14.2. The number of carbonyl (C=O) groups excluding carboxylic acids is 3. The lowest BCUT2D eigenvalue weighted by molar-refractivity contribution is -0.134. The quantitative estimate of drug-likeness (QED) is 0.571. The van der Waals surface area contributed by atoms with E-state index in [0.29, 0.717) is 45.3 Å². The van der Waals surface area contributed by atoms with Crippen LogP contribution in [-0.4, -0.2) is 78.4 Å². The summed E-state index contributed by atoms with van der Waals surface area (Å²) in [6.07, 6.45) is 2.19. The number of likely N-dealkylation sites (tertiary alicyclic amines) is 1. The van der Waals surface area contributed by atoms with Crippen LogP contribution in [0.25, 0.3) is 0 Å². The van der Waals surface area contributed by atoms with E-state index in [2.05, 4.69) is 5.32 Å². The third-order valence-electron chi connectivity index (χ3n) is 7.50. The molecule has 0 aromatic heterocycles. The Balaban J connectivity index is 1.56. The Morgan fingerprint density at radius 3 is 2.42 bits per heavy atom. The maximum atomic E-state index is 14.2. The Labute approximate surface area is 212 Å². The van der Waals surface area contributed by atoms with E-state index in [0.717, 1.165) is 17.7 Å². The van der Waals surface area contributed by atoms with Crippen LogP contribution >= 0.6 is 0 Å². The summed E-state index contributed by atoms with van der Waals surface area (Å²) < 4.78 is 14.2. The average molecular weight is 495 g/mol. The standard InChI is InChI=1S/C28H35FN4O3/c1-20-9-4-5-10-21(20)19-28(26(35)33(27(36)30-28)16-8-15-31(2)3)22-13-17-32(18-14-22)25(34)23-11-6-7-12-24(23)29/h4-7,9-12,22H,8,13-19H2,1-3H3,(H,30,36)/t28-/m0/s1. The Morgan fingerprint density at radius 2 is 1.75 bits per heavy atom. The third kappa shape index (κ3) is 5.14. The van der Waals surface area contributed by atoms with Crippen LogP contribution in [-0.2, 0) is 11.2 Å². The Hall–Kier alpha value is -3.26. The number of nitrogens with one attached hydrogen (secondary N) is 1. The van der Waals surface area contributed by atoms with Gasteiger partial charge in [0.05, 0.1) is 5.56 Å². The highest BCUT2D eigenvalue weighted by atomic mass is 19.1. The highest BCUT2D eigenvalue weighted by molar-refractivity contribution is 6.07. The molecule has 1 N–H and O–H groups in total. The molecule has 0 radical (unpaired) electrons. The van der Waals surface area contributed by atoms with Crippen LogP contribution in [0.4, 0.5) is 9.18 Å². The monoisotopic (exact) mass is 494 g/mol. The van der Waals surface area contributed by atoms with Crippen molar-refractivity contribution in [2.24, 2.45) is 5.92 Å². The van der Waals surface area contributed by atoms with Crippen LogP contribution in [0.2, 0.25) is 0 Å². The fourth-order valence-corrected chi connectivity index (χ4v) is 5.42. The first kappa shape index (κ1) is 25.8. The van der Waals surface area contributed by atoms with Crippen molar-refractivity contribution in [3.05, 3.63) is 71.0 Å². The maximum Gasteiger partial charge on any atom is 0.325 e. The first-order valence-electron chi connectivity index (χ1n) is 12.6. The normalized spacial score (nSPS) is 20.8. The van der Waals surface area contributed by atoms with E-state index < -0.39 is 11.4 Å². The van der Waals surface area contributed by atoms with E-state index in [1.807, 2.05) is 50.2 Å². The van der Waals surface area contributed by atoms with E-state index in [1.165, 1.54) is 17.0 Å². The summed E-state index contributed by atoms with van der Waals surface area (Å²) in [7, 11) is 3.93. The van der Waals surface area contributed by atoms with Crippen molar-refractivity contribution >= 4 is 17.8 Å². The molecule has 0 saturated carbocycles.